The Morgan fingerprint density at radius 2 is 2.00 bits per heavy atom. The van der Waals surface area contributed by atoms with E-state index in [9.17, 15) is 13.2 Å². The maximum absolute atomic E-state index is 12.8. The van der Waals surface area contributed by atoms with Gasteiger partial charge < -0.3 is 11.1 Å². The molecular formula is C13H15F3N2S. The molecule has 1 unspecified atom stereocenters. The third-order valence-corrected chi connectivity index (χ3v) is 3.66. The van der Waals surface area contributed by atoms with Crippen LogP contribution in [-0.2, 0) is 6.18 Å². The zero-order valence-corrected chi connectivity index (χ0v) is 11.5. The molecule has 1 fully saturated rings. The molecule has 6 heteroatoms. The molecule has 0 radical (unpaired) electrons. The predicted molar refractivity (Wildman–Crippen MR) is 73.1 cm³/mol. The van der Waals surface area contributed by atoms with E-state index in [4.69, 9.17) is 18.0 Å². The lowest BCUT2D eigenvalue weighted by atomic mass is 10.1. The van der Waals surface area contributed by atoms with Crippen LogP contribution >= 0.6 is 12.2 Å². The highest BCUT2D eigenvalue weighted by atomic mass is 32.1. The van der Waals surface area contributed by atoms with Gasteiger partial charge in [0, 0.05) is 17.3 Å². The molecule has 0 aliphatic heterocycles. The Morgan fingerprint density at radius 1 is 1.42 bits per heavy atom. The number of thiocarbonyl (C=S) groups is 1. The van der Waals surface area contributed by atoms with Crippen LogP contribution in [0.4, 0.5) is 18.9 Å². The van der Waals surface area contributed by atoms with E-state index in [1.54, 1.807) is 0 Å². The number of alkyl halides is 3. The van der Waals surface area contributed by atoms with Crippen LogP contribution in [0.5, 0.6) is 0 Å². The summed E-state index contributed by atoms with van der Waals surface area (Å²) < 4.78 is 38.4. The van der Waals surface area contributed by atoms with Crippen molar-refractivity contribution in [2.75, 3.05) is 5.32 Å². The molecule has 19 heavy (non-hydrogen) atoms. The number of halogens is 3. The molecule has 0 spiro atoms. The summed E-state index contributed by atoms with van der Waals surface area (Å²) in [6, 6.07) is 4.09. The van der Waals surface area contributed by atoms with Crippen LogP contribution in [0.1, 0.15) is 31.4 Å². The standard InChI is InChI=1S/C13H15F3N2S/c1-12(2)6-10(12)18-7-3-4-9(13(14,15)16)8(5-7)11(17)19/h3-5,10,18H,6H2,1-2H3,(H2,17,19). The molecule has 0 aromatic heterocycles. The molecule has 1 aromatic carbocycles. The Labute approximate surface area is 115 Å². The fourth-order valence-electron chi connectivity index (χ4n) is 2.00. The Balaban J connectivity index is 2.29. The first-order valence-electron chi connectivity index (χ1n) is 5.89. The number of rotatable bonds is 3. The molecule has 1 aromatic rings. The number of benzene rings is 1. The average molecular weight is 288 g/mol. The van der Waals surface area contributed by atoms with Gasteiger partial charge in [0.05, 0.1) is 5.56 Å². The first-order chi connectivity index (χ1) is 8.61. The minimum atomic E-state index is -4.45. The smallest absolute Gasteiger partial charge is 0.389 e. The second kappa shape index (κ2) is 4.37. The zero-order chi connectivity index (χ0) is 14.4. The van der Waals surface area contributed by atoms with E-state index in [0.29, 0.717) is 5.69 Å². The van der Waals surface area contributed by atoms with Crippen LogP contribution in [0, 0.1) is 5.41 Å². The number of nitrogens with two attached hydrogens (primary N) is 1. The summed E-state index contributed by atoms with van der Waals surface area (Å²) in [5, 5.41) is 3.20. The van der Waals surface area contributed by atoms with E-state index in [1.165, 1.54) is 12.1 Å². The van der Waals surface area contributed by atoms with Crippen molar-refractivity contribution in [1.82, 2.24) is 0 Å². The third kappa shape index (κ3) is 3.00. The van der Waals surface area contributed by atoms with Gasteiger partial charge in [-0.2, -0.15) is 13.2 Å². The molecule has 0 amide bonds. The molecule has 2 nitrogen and oxygen atoms in total. The van der Waals surface area contributed by atoms with Crippen LogP contribution in [0.15, 0.2) is 18.2 Å². The second-order valence-electron chi connectivity index (χ2n) is 5.51. The summed E-state index contributed by atoms with van der Waals surface area (Å²) in [5.41, 5.74) is 5.26. The van der Waals surface area contributed by atoms with Crippen molar-refractivity contribution < 1.29 is 13.2 Å². The highest BCUT2D eigenvalue weighted by Gasteiger charge is 2.45. The number of hydrogen-bond acceptors (Lipinski definition) is 2. The normalized spacial score (nSPS) is 21.0. The zero-order valence-electron chi connectivity index (χ0n) is 10.6. The van der Waals surface area contributed by atoms with Gasteiger partial charge in [-0.3, -0.25) is 0 Å². The van der Waals surface area contributed by atoms with Gasteiger partial charge in [-0.15, -0.1) is 0 Å². The van der Waals surface area contributed by atoms with Crippen LogP contribution in [0.2, 0.25) is 0 Å². The van der Waals surface area contributed by atoms with Crippen molar-refractivity contribution in [3.05, 3.63) is 29.3 Å². The topological polar surface area (TPSA) is 38.0 Å². The molecule has 1 atom stereocenters. The molecule has 0 bridgehead atoms. The van der Waals surface area contributed by atoms with Gasteiger partial charge in [-0.05, 0) is 30.0 Å². The summed E-state index contributed by atoms with van der Waals surface area (Å²) in [6.07, 6.45) is -3.45. The molecule has 2 rings (SSSR count). The molecule has 0 saturated heterocycles. The Kier molecular flexibility index (Phi) is 3.24. The molecule has 1 aliphatic rings. The van der Waals surface area contributed by atoms with Crippen LogP contribution < -0.4 is 11.1 Å². The van der Waals surface area contributed by atoms with E-state index in [2.05, 4.69) is 19.2 Å². The Bertz CT molecular complexity index is 523. The third-order valence-electron chi connectivity index (χ3n) is 3.44. The van der Waals surface area contributed by atoms with Gasteiger partial charge in [0.1, 0.15) is 4.99 Å². The van der Waals surface area contributed by atoms with E-state index in [0.717, 1.165) is 12.5 Å². The van der Waals surface area contributed by atoms with Crippen LogP contribution in [-0.4, -0.2) is 11.0 Å². The number of hydrogen-bond donors (Lipinski definition) is 2. The monoisotopic (exact) mass is 288 g/mol. The summed E-state index contributed by atoms with van der Waals surface area (Å²) in [4.78, 5) is -0.244. The molecule has 0 heterocycles. The van der Waals surface area contributed by atoms with Gasteiger partial charge in [0.15, 0.2) is 0 Å². The number of anilines is 1. The van der Waals surface area contributed by atoms with Crippen molar-refractivity contribution in [2.45, 2.75) is 32.5 Å². The van der Waals surface area contributed by atoms with Crippen LogP contribution in [0.3, 0.4) is 0 Å². The minimum absolute atomic E-state index is 0.133. The van der Waals surface area contributed by atoms with Crippen molar-refractivity contribution in [1.29, 1.82) is 0 Å². The maximum Gasteiger partial charge on any atom is 0.417 e. The predicted octanol–water partition coefficient (Wildman–Crippen LogP) is 3.55. The summed E-state index contributed by atoms with van der Waals surface area (Å²) >= 11 is 4.70. The first-order valence-corrected chi connectivity index (χ1v) is 6.30. The summed E-state index contributed by atoms with van der Waals surface area (Å²) in [6.45, 7) is 4.20. The minimum Gasteiger partial charge on any atom is -0.389 e. The van der Waals surface area contributed by atoms with E-state index >= 15 is 0 Å². The number of nitrogens with one attached hydrogen (secondary N) is 1. The largest absolute Gasteiger partial charge is 0.417 e. The van der Waals surface area contributed by atoms with Gasteiger partial charge >= 0.3 is 6.18 Å². The van der Waals surface area contributed by atoms with Gasteiger partial charge in [-0.25, -0.2) is 0 Å². The van der Waals surface area contributed by atoms with Crippen LogP contribution in [0.25, 0.3) is 0 Å². The lowest BCUT2D eigenvalue weighted by Crippen LogP contribution is -2.18. The Hall–Kier alpha value is -1.30. The van der Waals surface area contributed by atoms with Crippen molar-refractivity contribution >= 4 is 22.9 Å². The average Bonchev–Trinajstić information content (AvgIpc) is 2.84. The second-order valence-corrected chi connectivity index (χ2v) is 5.95. The van der Waals surface area contributed by atoms with Gasteiger partial charge in [0.2, 0.25) is 0 Å². The SMILES string of the molecule is CC1(C)CC1Nc1ccc(C(F)(F)F)c(C(N)=S)c1. The lowest BCUT2D eigenvalue weighted by Gasteiger charge is -2.15. The molecule has 1 saturated carbocycles. The van der Waals surface area contributed by atoms with Gasteiger partial charge in [0.25, 0.3) is 0 Å². The summed E-state index contributed by atoms with van der Waals surface area (Å²) in [7, 11) is 0. The quantitative estimate of drug-likeness (QED) is 0.835. The molecule has 104 valence electrons. The fraction of sp³-hybridized carbons (Fsp3) is 0.462. The van der Waals surface area contributed by atoms with Crippen molar-refractivity contribution in [3.8, 4) is 0 Å². The van der Waals surface area contributed by atoms with Crippen molar-refractivity contribution in [3.63, 3.8) is 0 Å². The highest BCUT2D eigenvalue weighted by molar-refractivity contribution is 7.80. The molecular weight excluding hydrogens is 273 g/mol. The van der Waals surface area contributed by atoms with Crippen molar-refractivity contribution in [2.24, 2.45) is 11.1 Å². The molecule has 3 N–H and O–H groups in total. The highest BCUT2D eigenvalue weighted by Crippen LogP contribution is 2.46. The maximum atomic E-state index is 12.8. The lowest BCUT2D eigenvalue weighted by molar-refractivity contribution is -0.137. The van der Waals surface area contributed by atoms with E-state index in [-0.39, 0.29) is 22.0 Å². The molecule has 1 aliphatic carbocycles. The Morgan fingerprint density at radius 3 is 2.42 bits per heavy atom. The first kappa shape index (κ1) is 14.1. The van der Waals surface area contributed by atoms with E-state index < -0.39 is 11.7 Å². The summed E-state index contributed by atoms with van der Waals surface area (Å²) in [5.74, 6) is 0. The van der Waals surface area contributed by atoms with Gasteiger partial charge in [-0.1, -0.05) is 26.1 Å². The fourth-order valence-corrected chi connectivity index (χ4v) is 2.17. The van der Waals surface area contributed by atoms with E-state index in [1.807, 2.05) is 0 Å².